The van der Waals surface area contributed by atoms with E-state index in [0.29, 0.717) is 18.1 Å². The van der Waals surface area contributed by atoms with Gasteiger partial charge in [0.05, 0.1) is 19.3 Å². The molecule has 7 nitrogen and oxygen atoms in total. The minimum atomic E-state index is -0.427. The highest BCUT2D eigenvalue weighted by atomic mass is 16.5. The van der Waals surface area contributed by atoms with Gasteiger partial charge in [-0.05, 0) is 0 Å². The summed E-state index contributed by atoms with van der Waals surface area (Å²) in [4.78, 5) is 21.8. The highest BCUT2D eigenvalue weighted by Gasteiger charge is 2.21. The van der Waals surface area contributed by atoms with Crippen molar-refractivity contribution in [3.8, 4) is 0 Å². The number of nitrogens with zero attached hydrogens (tertiary/aromatic N) is 3. The van der Waals surface area contributed by atoms with Crippen LogP contribution in [0.5, 0.6) is 0 Å². The molecule has 1 aromatic rings. The third-order valence-electron chi connectivity index (χ3n) is 2.97. The van der Waals surface area contributed by atoms with Crippen molar-refractivity contribution in [1.82, 2.24) is 15.3 Å². The molecule has 104 valence electrons. The lowest BCUT2D eigenvalue weighted by Gasteiger charge is -2.33. The van der Waals surface area contributed by atoms with Gasteiger partial charge in [-0.25, -0.2) is 14.8 Å². The Labute approximate surface area is 111 Å². The minimum absolute atomic E-state index is 0.266. The lowest BCUT2D eigenvalue weighted by molar-refractivity contribution is 0.0600. The Kier molecular flexibility index (Phi) is 4.64. The fourth-order valence-electron chi connectivity index (χ4n) is 2.03. The number of piperazine rings is 1. The van der Waals surface area contributed by atoms with Gasteiger partial charge in [-0.3, -0.25) is 0 Å². The first-order chi connectivity index (χ1) is 9.24. The minimum Gasteiger partial charge on any atom is -0.465 e. The van der Waals surface area contributed by atoms with Crippen molar-refractivity contribution in [1.29, 1.82) is 0 Å². The number of anilines is 1. The first-order valence-electron chi connectivity index (χ1n) is 6.12. The molecule has 1 atom stereocenters. The van der Waals surface area contributed by atoms with Gasteiger partial charge in [0, 0.05) is 45.2 Å². The molecule has 2 heterocycles. The molecule has 1 aliphatic heterocycles. The van der Waals surface area contributed by atoms with Gasteiger partial charge in [0.1, 0.15) is 0 Å². The van der Waals surface area contributed by atoms with Crippen LogP contribution >= 0.6 is 0 Å². The molecule has 1 saturated heterocycles. The highest BCUT2D eigenvalue weighted by molar-refractivity contribution is 5.88. The third-order valence-corrected chi connectivity index (χ3v) is 2.97. The van der Waals surface area contributed by atoms with Gasteiger partial charge >= 0.3 is 5.97 Å². The van der Waals surface area contributed by atoms with Crippen LogP contribution in [0, 0.1) is 0 Å². The number of methoxy groups -OCH3 is 2. The Hall–Kier alpha value is -1.73. The molecule has 1 N–H and O–H groups in total. The number of hydrogen-bond donors (Lipinski definition) is 1. The molecule has 0 spiro atoms. The van der Waals surface area contributed by atoms with Gasteiger partial charge < -0.3 is 19.7 Å². The Morgan fingerprint density at radius 1 is 1.47 bits per heavy atom. The number of aromatic nitrogens is 2. The summed E-state index contributed by atoms with van der Waals surface area (Å²) in [6.45, 7) is 3.12. The molecule has 1 aliphatic rings. The first-order valence-corrected chi connectivity index (χ1v) is 6.12. The summed E-state index contributed by atoms with van der Waals surface area (Å²) in [7, 11) is 3.02. The zero-order valence-electron chi connectivity index (χ0n) is 11.1. The van der Waals surface area contributed by atoms with E-state index in [1.54, 1.807) is 7.11 Å². The Bertz CT molecular complexity index is 421. The standard InChI is InChI=1S/C12H18N4O3/c1-18-8-10-7-16(4-3-13-10)12-14-5-9(6-15-12)11(17)19-2/h5-6,10,13H,3-4,7-8H2,1-2H3/t10-/m0/s1. The number of hydrogen-bond acceptors (Lipinski definition) is 7. The van der Waals surface area contributed by atoms with Crippen molar-refractivity contribution >= 4 is 11.9 Å². The smallest absolute Gasteiger partial charge is 0.341 e. The zero-order valence-corrected chi connectivity index (χ0v) is 11.1. The summed E-state index contributed by atoms with van der Waals surface area (Å²) in [6.07, 6.45) is 2.98. The van der Waals surface area contributed by atoms with Crippen LogP contribution in [0.4, 0.5) is 5.95 Å². The molecule has 2 rings (SSSR count). The van der Waals surface area contributed by atoms with Crippen LogP contribution in [0.3, 0.4) is 0 Å². The molecule has 0 unspecified atom stereocenters. The Balaban J connectivity index is 2.03. The fraction of sp³-hybridized carbons (Fsp3) is 0.583. The summed E-state index contributed by atoms with van der Waals surface area (Å²) in [5, 5.41) is 3.36. The van der Waals surface area contributed by atoms with Crippen molar-refractivity contribution < 1.29 is 14.3 Å². The number of carbonyl (C=O) groups is 1. The van der Waals surface area contributed by atoms with Crippen molar-refractivity contribution in [3.05, 3.63) is 18.0 Å². The molecule has 0 bridgehead atoms. The SMILES string of the molecule is COC[C@@H]1CN(c2ncc(C(=O)OC)cn2)CCN1. The maximum atomic E-state index is 11.3. The lowest BCUT2D eigenvalue weighted by Crippen LogP contribution is -2.53. The van der Waals surface area contributed by atoms with E-state index >= 15 is 0 Å². The molecule has 19 heavy (non-hydrogen) atoms. The summed E-state index contributed by atoms with van der Waals surface area (Å²) in [6, 6.07) is 0.266. The lowest BCUT2D eigenvalue weighted by atomic mass is 10.2. The molecule has 0 radical (unpaired) electrons. The van der Waals surface area contributed by atoms with E-state index in [1.165, 1.54) is 19.5 Å². The largest absolute Gasteiger partial charge is 0.465 e. The second-order valence-electron chi connectivity index (χ2n) is 4.32. The van der Waals surface area contributed by atoms with Crippen LogP contribution in [0.2, 0.25) is 0 Å². The Morgan fingerprint density at radius 2 is 2.21 bits per heavy atom. The molecule has 0 saturated carbocycles. The van der Waals surface area contributed by atoms with E-state index in [4.69, 9.17) is 4.74 Å². The van der Waals surface area contributed by atoms with Crippen molar-refractivity contribution in [2.45, 2.75) is 6.04 Å². The molecule has 0 aliphatic carbocycles. The predicted molar refractivity (Wildman–Crippen MR) is 69.3 cm³/mol. The number of ether oxygens (including phenoxy) is 2. The average molecular weight is 266 g/mol. The maximum absolute atomic E-state index is 11.3. The molecule has 0 amide bonds. The van der Waals surface area contributed by atoms with Gasteiger partial charge in [-0.2, -0.15) is 0 Å². The van der Waals surface area contributed by atoms with Crippen LogP contribution in [0.1, 0.15) is 10.4 Å². The van der Waals surface area contributed by atoms with E-state index in [1.807, 2.05) is 0 Å². The van der Waals surface area contributed by atoms with Gasteiger partial charge in [-0.15, -0.1) is 0 Å². The van der Waals surface area contributed by atoms with Crippen LogP contribution in [0.15, 0.2) is 12.4 Å². The molecular weight excluding hydrogens is 248 g/mol. The van der Waals surface area contributed by atoms with Gasteiger partial charge in [0.15, 0.2) is 0 Å². The third kappa shape index (κ3) is 3.39. The molecule has 7 heteroatoms. The monoisotopic (exact) mass is 266 g/mol. The predicted octanol–water partition coefficient (Wildman–Crippen LogP) is -0.312. The first kappa shape index (κ1) is 13.7. The Morgan fingerprint density at radius 3 is 2.84 bits per heavy atom. The molecule has 0 aromatic carbocycles. The number of carbonyl (C=O) groups excluding carboxylic acids is 1. The average Bonchev–Trinajstić information content (AvgIpc) is 2.47. The van der Waals surface area contributed by atoms with Gasteiger partial charge in [-0.1, -0.05) is 0 Å². The zero-order chi connectivity index (χ0) is 13.7. The quantitative estimate of drug-likeness (QED) is 0.749. The molecule has 1 aromatic heterocycles. The van der Waals surface area contributed by atoms with Crippen molar-refractivity contribution in [2.75, 3.05) is 45.4 Å². The molecular formula is C12H18N4O3. The van der Waals surface area contributed by atoms with E-state index < -0.39 is 5.97 Å². The summed E-state index contributed by atoms with van der Waals surface area (Å²) in [5.41, 5.74) is 0.356. The van der Waals surface area contributed by atoms with Gasteiger partial charge in [0.2, 0.25) is 5.95 Å². The summed E-state index contributed by atoms with van der Waals surface area (Å²) < 4.78 is 9.75. The van der Waals surface area contributed by atoms with E-state index in [2.05, 4.69) is 24.9 Å². The van der Waals surface area contributed by atoms with E-state index in [-0.39, 0.29) is 6.04 Å². The van der Waals surface area contributed by atoms with Gasteiger partial charge in [0.25, 0.3) is 0 Å². The number of esters is 1. The fourth-order valence-corrected chi connectivity index (χ4v) is 2.03. The van der Waals surface area contributed by atoms with E-state index in [9.17, 15) is 4.79 Å². The van der Waals surface area contributed by atoms with Crippen molar-refractivity contribution in [2.24, 2.45) is 0 Å². The number of rotatable bonds is 4. The van der Waals surface area contributed by atoms with Crippen LogP contribution in [-0.4, -0.2) is 62.4 Å². The topological polar surface area (TPSA) is 76.6 Å². The second kappa shape index (κ2) is 6.44. The summed E-state index contributed by atoms with van der Waals surface area (Å²) in [5.74, 6) is 0.194. The maximum Gasteiger partial charge on any atom is 0.341 e. The normalized spacial score (nSPS) is 19.3. The van der Waals surface area contributed by atoms with E-state index in [0.717, 1.165) is 19.6 Å². The summed E-state index contributed by atoms with van der Waals surface area (Å²) >= 11 is 0. The highest BCUT2D eigenvalue weighted by Crippen LogP contribution is 2.10. The van der Waals surface area contributed by atoms with Crippen molar-refractivity contribution in [3.63, 3.8) is 0 Å². The molecule has 1 fully saturated rings. The van der Waals surface area contributed by atoms with Crippen LogP contribution < -0.4 is 10.2 Å². The van der Waals surface area contributed by atoms with Crippen LogP contribution in [0.25, 0.3) is 0 Å². The van der Waals surface area contributed by atoms with Crippen LogP contribution in [-0.2, 0) is 9.47 Å². The number of nitrogens with one attached hydrogen (secondary N) is 1. The second-order valence-corrected chi connectivity index (χ2v) is 4.32.